The molecule has 0 aliphatic heterocycles. The molecule has 1 aromatic carbocycles. The zero-order valence-electron chi connectivity index (χ0n) is 21.6. The first-order valence-corrected chi connectivity index (χ1v) is 14.3. The van der Waals surface area contributed by atoms with Crippen LogP contribution in [0.25, 0.3) is 0 Å². The fourth-order valence-corrected chi connectivity index (χ4v) is 4.33. The van der Waals surface area contributed by atoms with Crippen LogP contribution in [0.4, 0.5) is 5.69 Å². The highest BCUT2D eigenvalue weighted by molar-refractivity contribution is 5.42. The van der Waals surface area contributed by atoms with Gasteiger partial charge in [-0.15, -0.1) is 0 Å². The Labute approximate surface area is 201 Å². The third kappa shape index (κ3) is 20.9. The van der Waals surface area contributed by atoms with E-state index >= 15 is 0 Å². The van der Waals surface area contributed by atoms with Gasteiger partial charge in [-0.25, -0.2) is 0 Å². The number of ether oxygens (including phenoxy) is 1. The second-order valence-corrected chi connectivity index (χ2v) is 9.62. The van der Waals surface area contributed by atoms with Crippen LogP contribution in [-0.2, 0) is 4.74 Å². The molecule has 0 aromatic heterocycles. The zero-order chi connectivity index (χ0) is 22.8. The van der Waals surface area contributed by atoms with Crippen molar-refractivity contribution in [2.45, 2.75) is 135 Å². The standard InChI is InChI=1S/C30H55NO/c1-2-3-4-5-6-7-11-14-17-23-28-32-29-24-18-15-12-9-8-10-13-16-22-27-31-30-25-20-19-21-26-30/h19-21,25-26,31H,2-18,22-24,27-29H2,1H3. The van der Waals surface area contributed by atoms with Gasteiger partial charge in [0.15, 0.2) is 0 Å². The van der Waals surface area contributed by atoms with Crippen molar-refractivity contribution in [3.05, 3.63) is 30.3 Å². The molecule has 2 heteroatoms. The minimum Gasteiger partial charge on any atom is -0.385 e. The van der Waals surface area contributed by atoms with Crippen molar-refractivity contribution in [2.24, 2.45) is 0 Å². The molecular weight excluding hydrogens is 390 g/mol. The Morgan fingerprint density at radius 3 is 1.38 bits per heavy atom. The third-order valence-corrected chi connectivity index (χ3v) is 6.46. The number of unbranched alkanes of at least 4 members (excludes halogenated alkanes) is 18. The van der Waals surface area contributed by atoms with Crippen LogP contribution in [0.2, 0.25) is 0 Å². The van der Waals surface area contributed by atoms with Gasteiger partial charge >= 0.3 is 0 Å². The number of anilines is 1. The summed E-state index contributed by atoms with van der Waals surface area (Å²) in [7, 11) is 0. The smallest absolute Gasteiger partial charge is 0.0466 e. The Morgan fingerprint density at radius 1 is 0.500 bits per heavy atom. The maximum absolute atomic E-state index is 5.82. The van der Waals surface area contributed by atoms with Gasteiger partial charge in [0.2, 0.25) is 0 Å². The molecule has 0 amide bonds. The van der Waals surface area contributed by atoms with E-state index < -0.39 is 0 Å². The van der Waals surface area contributed by atoms with Crippen LogP contribution in [0.3, 0.4) is 0 Å². The van der Waals surface area contributed by atoms with Crippen LogP contribution in [0, 0.1) is 0 Å². The summed E-state index contributed by atoms with van der Waals surface area (Å²) >= 11 is 0. The van der Waals surface area contributed by atoms with Crippen molar-refractivity contribution in [3.63, 3.8) is 0 Å². The monoisotopic (exact) mass is 445 g/mol. The van der Waals surface area contributed by atoms with Crippen molar-refractivity contribution in [1.82, 2.24) is 0 Å². The number of para-hydroxylation sites is 1. The lowest BCUT2D eigenvalue weighted by Gasteiger charge is -2.06. The van der Waals surface area contributed by atoms with E-state index in [0.717, 1.165) is 19.8 Å². The van der Waals surface area contributed by atoms with E-state index in [0.29, 0.717) is 0 Å². The molecule has 0 aliphatic carbocycles. The van der Waals surface area contributed by atoms with Gasteiger partial charge in [0.25, 0.3) is 0 Å². The molecule has 0 heterocycles. The zero-order valence-corrected chi connectivity index (χ0v) is 21.6. The molecule has 1 aromatic rings. The highest BCUT2D eigenvalue weighted by Gasteiger charge is 1.96. The first-order chi connectivity index (χ1) is 15.9. The second-order valence-electron chi connectivity index (χ2n) is 9.62. The average Bonchev–Trinajstić information content (AvgIpc) is 2.82. The molecule has 0 saturated carbocycles. The number of hydrogen-bond donors (Lipinski definition) is 1. The summed E-state index contributed by atoms with van der Waals surface area (Å²) < 4.78 is 5.82. The summed E-state index contributed by atoms with van der Waals surface area (Å²) in [4.78, 5) is 0. The van der Waals surface area contributed by atoms with E-state index in [9.17, 15) is 0 Å². The topological polar surface area (TPSA) is 21.3 Å². The quantitative estimate of drug-likeness (QED) is 0.151. The molecular formula is C30H55NO. The van der Waals surface area contributed by atoms with Crippen molar-refractivity contribution >= 4 is 5.69 Å². The van der Waals surface area contributed by atoms with Gasteiger partial charge in [-0.05, 0) is 31.4 Å². The molecule has 0 fully saturated rings. The number of rotatable bonds is 25. The van der Waals surface area contributed by atoms with Gasteiger partial charge in [0.05, 0.1) is 0 Å². The number of hydrogen-bond acceptors (Lipinski definition) is 2. The SMILES string of the molecule is CCCCCCCCCCCCOCCCCCCCCCCCCNc1ccccc1. The van der Waals surface area contributed by atoms with E-state index in [-0.39, 0.29) is 0 Å². The first-order valence-electron chi connectivity index (χ1n) is 14.3. The molecule has 0 bridgehead atoms. The van der Waals surface area contributed by atoms with E-state index in [1.54, 1.807) is 0 Å². The van der Waals surface area contributed by atoms with Crippen LogP contribution in [0.1, 0.15) is 135 Å². The minimum absolute atomic E-state index is 0.981. The van der Waals surface area contributed by atoms with E-state index in [1.165, 1.54) is 134 Å². The normalized spacial score (nSPS) is 11.2. The summed E-state index contributed by atoms with van der Waals surface area (Å²) in [5.41, 5.74) is 1.25. The van der Waals surface area contributed by atoms with Crippen molar-refractivity contribution in [3.8, 4) is 0 Å². The molecule has 0 radical (unpaired) electrons. The highest BCUT2D eigenvalue weighted by Crippen LogP contribution is 2.12. The van der Waals surface area contributed by atoms with Crippen LogP contribution in [-0.4, -0.2) is 19.8 Å². The summed E-state index contributed by atoms with van der Waals surface area (Å²) in [6.45, 7) is 5.36. The summed E-state index contributed by atoms with van der Waals surface area (Å²) in [6, 6.07) is 10.5. The lowest BCUT2D eigenvalue weighted by atomic mass is 10.1. The number of nitrogens with one attached hydrogen (secondary N) is 1. The molecule has 0 saturated heterocycles. The van der Waals surface area contributed by atoms with Gasteiger partial charge in [0, 0.05) is 25.4 Å². The lowest BCUT2D eigenvalue weighted by molar-refractivity contribution is 0.125. The Hall–Kier alpha value is -1.02. The minimum atomic E-state index is 0.981. The van der Waals surface area contributed by atoms with Gasteiger partial charge < -0.3 is 10.1 Å². The second kappa shape index (κ2) is 24.6. The molecule has 0 unspecified atom stereocenters. The Kier molecular flexibility index (Phi) is 22.3. The van der Waals surface area contributed by atoms with Crippen LogP contribution >= 0.6 is 0 Å². The molecule has 186 valence electrons. The average molecular weight is 446 g/mol. The Morgan fingerprint density at radius 2 is 0.906 bits per heavy atom. The van der Waals surface area contributed by atoms with Crippen molar-refractivity contribution in [2.75, 3.05) is 25.1 Å². The Balaban J connectivity index is 1.64. The molecule has 2 nitrogen and oxygen atoms in total. The van der Waals surface area contributed by atoms with Crippen molar-refractivity contribution < 1.29 is 4.74 Å². The van der Waals surface area contributed by atoms with Crippen LogP contribution in [0.5, 0.6) is 0 Å². The summed E-state index contributed by atoms with van der Waals surface area (Å²) in [5, 5.41) is 3.50. The van der Waals surface area contributed by atoms with E-state index in [4.69, 9.17) is 4.74 Å². The lowest BCUT2D eigenvalue weighted by Crippen LogP contribution is -2.00. The first kappa shape index (κ1) is 29.0. The maximum atomic E-state index is 5.82. The predicted octanol–water partition coefficient (Wildman–Crippen LogP) is 9.94. The van der Waals surface area contributed by atoms with Gasteiger partial charge in [-0.2, -0.15) is 0 Å². The molecule has 1 N–H and O–H groups in total. The van der Waals surface area contributed by atoms with Crippen LogP contribution in [0.15, 0.2) is 30.3 Å². The summed E-state index contributed by atoms with van der Waals surface area (Å²) in [5.74, 6) is 0. The fourth-order valence-electron chi connectivity index (χ4n) is 4.33. The molecule has 0 aliphatic rings. The largest absolute Gasteiger partial charge is 0.385 e. The maximum Gasteiger partial charge on any atom is 0.0466 e. The van der Waals surface area contributed by atoms with Crippen molar-refractivity contribution in [1.29, 1.82) is 0 Å². The van der Waals surface area contributed by atoms with E-state index in [1.807, 2.05) is 0 Å². The highest BCUT2D eigenvalue weighted by atomic mass is 16.5. The van der Waals surface area contributed by atoms with Crippen LogP contribution < -0.4 is 5.32 Å². The fraction of sp³-hybridized carbons (Fsp3) is 0.800. The molecule has 1 rings (SSSR count). The van der Waals surface area contributed by atoms with Gasteiger partial charge in [-0.3, -0.25) is 0 Å². The van der Waals surface area contributed by atoms with Gasteiger partial charge in [-0.1, -0.05) is 134 Å². The Bertz CT molecular complexity index is 461. The predicted molar refractivity (Wildman–Crippen MR) is 144 cm³/mol. The number of benzene rings is 1. The summed E-state index contributed by atoms with van der Waals surface area (Å²) in [6.07, 6.45) is 27.7. The molecule has 32 heavy (non-hydrogen) atoms. The van der Waals surface area contributed by atoms with Gasteiger partial charge in [0.1, 0.15) is 0 Å². The van der Waals surface area contributed by atoms with E-state index in [2.05, 4.69) is 42.6 Å². The molecule has 0 atom stereocenters. The third-order valence-electron chi connectivity index (χ3n) is 6.46. The molecule has 0 spiro atoms.